The van der Waals surface area contributed by atoms with Crippen LogP contribution in [0.5, 0.6) is 0 Å². The summed E-state index contributed by atoms with van der Waals surface area (Å²) < 4.78 is 34.9. The second-order valence-corrected chi connectivity index (χ2v) is 9.25. The van der Waals surface area contributed by atoms with E-state index in [-0.39, 0.29) is 10.8 Å². The number of nitrogens with zero attached hydrogens (tertiary/aromatic N) is 4. The number of hydrogen-bond donors (Lipinski definition) is 0. The summed E-state index contributed by atoms with van der Waals surface area (Å²) in [5, 5.41) is 3.80. The average Bonchev–Trinajstić information content (AvgIpc) is 3.37. The molecule has 1 aliphatic rings. The molecular weight excluding hydrogens is 376 g/mol. The monoisotopic (exact) mass is 400 g/mol. The molecule has 28 heavy (non-hydrogen) atoms. The van der Waals surface area contributed by atoms with Gasteiger partial charge in [0.2, 0.25) is 10.0 Å². The van der Waals surface area contributed by atoms with E-state index in [2.05, 4.69) is 14.7 Å². The molecule has 3 aromatic rings. The van der Waals surface area contributed by atoms with Gasteiger partial charge < -0.3 is 9.09 Å². The van der Waals surface area contributed by atoms with E-state index in [1.54, 1.807) is 18.2 Å². The van der Waals surface area contributed by atoms with Crippen LogP contribution in [0.3, 0.4) is 0 Å². The van der Waals surface area contributed by atoms with E-state index < -0.39 is 10.0 Å². The molecule has 0 amide bonds. The van der Waals surface area contributed by atoms with Crippen LogP contribution in [0.1, 0.15) is 23.6 Å². The number of aromatic nitrogens is 3. The van der Waals surface area contributed by atoms with Gasteiger partial charge in [0, 0.05) is 37.1 Å². The zero-order chi connectivity index (χ0) is 19.9. The van der Waals surface area contributed by atoms with Crippen molar-refractivity contribution in [2.24, 2.45) is 5.92 Å². The Morgan fingerprint density at radius 1 is 1.18 bits per heavy atom. The maximum Gasteiger partial charge on any atom is 0.248 e. The smallest absolute Gasteiger partial charge is 0.248 e. The van der Waals surface area contributed by atoms with Gasteiger partial charge in [-0.15, -0.1) is 0 Å². The van der Waals surface area contributed by atoms with E-state index in [4.69, 9.17) is 4.52 Å². The van der Waals surface area contributed by atoms with Crippen molar-refractivity contribution in [2.45, 2.75) is 38.6 Å². The highest BCUT2D eigenvalue weighted by Gasteiger charge is 2.36. The number of rotatable bonds is 5. The van der Waals surface area contributed by atoms with Crippen LogP contribution in [-0.2, 0) is 16.6 Å². The standard InChI is InChI=1S/C20H24N4O3S/c1-14-11-21-20(18-7-5-4-6-8-18)24(14)13-17-9-10-23(12-17)28(25,26)19-15(2)22-27-16(19)3/h4-8,11,17H,9-10,12-13H2,1-3H3. The van der Waals surface area contributed by atoms with Crippen molar-refractivity contribution < 1.29 is 12.9 Å². The zero-order valence-corrected chi connectivity index (χ0v) is 17.1. The molecule has 1 aliphatic heterocycles. The maximum absolute atomic E-state index is 13.0. The summed E-state index contributed by atoms with van der Waals surface area (Å²) in [4.78, 5) is 4.78. The molecule has 7 nitrogen and oxygen atoms in total. The Balaban J connectivity index is 1.55. The van der Waals surface area contributed by atoms with Crippen molar-refractivity contribution in [3.8, 4) is 11.4 Å². The number of imidazole rings is 1. The first-order valence-corrected chi connectivity index (χ1v) is 10.8. The summed E-state index contributed by atoms with van der Waals surface area (Å²) in [6, 6.07) is 10.1. The Kier molecular flexibility index (Phi) is 4.84. The van der Waals surface area contributed by atoms with E-state index in [0.29, 0.717) is 24.5 Å². The lowest BCUT2D eigenvalue weighted by atomic mass is 10.1. The van der Waals surface area contributed by atoms with E-state index >= 15 is 0 Å². The van der Waals surface area contributed by atoms with Crippen LogP contribution < -0.4 is 0 Å². The Morgan fingerprint density at radius 2 is 1.93 bits per heavy atom. The lowest BCUT2D eigenvalue weighted by molar-refractivity contribution is 0.389. The third-order valence-electron chi connectivity index (χ3n) is 5.34. The van der Waals surface area contributed by atoms with Gasteiger partial charge in [-0.1, -0.05) is 35.5 Å². The zero-order valence-electron chi connectivity index (χ0n) is 16.3. The highest BCUT2D eigenvalue weighted by atomic mass is 32.2. The maximum atomic E-state index is 13.0. The first-order chi connectivity index (χ1) is 13.4. The number of hydrogen-bond acceptors (Lipinski definition) is 5. The van der Waals surface area contributed by atoms with Gasteiger partial charge in [-0.2, -0.15) is 4.31 Å². The molecule has 1 saturated heterocycles. The largest absolute Gasteiger partial charge is 0.360 e. The van der Waals surface area contributed by atoms with Gasteiger partial charge >= 0.3 is 0 Å². The Morgan fingerprint density at radius 3 is 2.61 bits per heavy atom. The minimum Gasteiger partial charge on any atom is -0.360 e. The molecule has 0 radical (unpaired) electrons. The van der Waals surface area contributed by atoms with Crippen LogP contribution in [0.25, 0.3) is 11.4 Å². The lowest BCUT2D eigenvalue weighted by Gasteiger charge is -2.18. The molecule has 0 spiro atoms. The number of aryl methyl sites for hydroxylation is 3. The third kappa shape index (κ3) is 3.27. The topological polar surface area (TPSA) is 81.2 Å². The van der Waals surface area contributed by atoms with Crippen molar-refractivity contribution in [2.75, 3.05) is 13.1 Å². The van der Waals surface area contributed by atoms with Crippen molar-refractivity contribution in [1.82, 2.24) is 19.0 Å². The molecule has 1 unspecified atom stereocenters. The molecule has 8 heteroatoms. The molecule has 0 bridgehead atoms. The van der Waals surface area contributed by atoms with E-state index in [1.165, 1.54) is 0 Å². The third-order valence-corrected chi connectivity index (χ3v) is 7.45. The fourth-order valence-electron chi connectivity index (χ4n) is 3.90. The highest BCUT2D eigenvalue weighted by molar-refractivity contribution is 7.89. The molecule has 1 atom stereocenters. The minimum atomic E-state index is -3.59. The Labute approximate surface area is 165 Å². The Hall–Kier alpha value is -2.45. The first-order valence-electron chi connectivity index (χ1n) is 9.38. The summed E-state index contributed by atoms with van der Waals surface area (Å²) >= 11 is 0. The van der Waals surface area contributed by atoms with Crippen LogP contribution in [0.2, 0.25) is 0 Å². The fourth-order valence-corrected chi connectivity index (χ4v) is 5.73. The van der Waals surface area contributed by atoms with Gasteiger partial charge in [0.1, 0.15) is 16.4 Å². The summed E-state index contributed by atoms with van der Waals surface area (Å²) in [6.45, 7) is 7.07. The van der Waals surface area contributed by atoms with Crippen LogP contribution in [0.4, 0.5) is 0 Å². The summed E-state index contributed by atoms with van der Waals surface area (Å²) in [5.41, 5.74) is 2.55. The van der Waals surface area contributed by atoms with Crippen LogP contribution in [0.15, 0.2) is 45.9 Å². The fraction of sp³-hybridized carbons (Fsp3) is 0.400. The first kappa shape index (κ1) is 18.9. The SMILES string of the molecule is Cc1noc(C)c1S(=O)(=O)N1CCC(Cn2c(C)cnc2-c2ccccc2)C1. The molecular formula is C20H24N4O3S. The second-order valence-electron chi connectivity index (χ2n) is 7.37. The van der Waals surface area contributed by atoms with Gasteiger partial charge in [0.25, 0.3) is 0 Å². The summed E-state index contributed by atoms with van der Waals surface area (Å²) in [7, 11) is -3.59. The van der Waals surface area contributed by atoms with E-state index in [1.807, 2.05) is 43.5 Å². The van der Waals surface area contributed by atoms with Crippen LogP contribution >= 0.6 is 0 Å². The van der Waals surface area contributed by atoms with Gasteiger partial charge in [0.05, 0.1) is 0 Å². The molecule has 2 aromatic heterocycles. The molecule has 1 fully saturated rings. The second kappa shape index (κ2) is 7.18. The number of sulfonamides is 1. The van der Waals surface area contributed by atoms with Gasteiger partial charge in [0.15, 0.2) is 5.76 Å². The normalized spacial score (nSPS) is 18.0. The predicted octanol–water partition coefficient (Wildman–Crippen LogP) is 3.17. The van der Waals surface area contributed by atoms with Crippen molar-refractivity contribution >= 4 is 10.0 Å². The summed E-state index contributed by atoms with van der Waals surface area (Å²) in [5.74, 6) is 1.49. The van der Waals surface area contributed by atoms with Crippen molar-refractivity contribution in [1.29, 1.82) is 0 Å². The average molecular weight is 401 g/mol. The molecule has 4 rings (SSSR count). The van der Waals surface area contributed by atoms with Gasteiger partial charge in [-0.3, -0.25) is 0 Å². The number of benzene rings is 1. The molecule has 0 N–H and O–H groups in total. The molecule has 1 aromatic carbocycles. The van der Waals surface area contributed by atoms with E-state index in [9.17, 15) is 8.42 Å². The molecule has 0 saturated carbocycles. The lowest BCUT2D eigenvalue weighted by Crippen LogP contribution is -2.30. The van der Waals surface area contributed by atoms with Gasteiger partial charge in [-0.25, -0.2) is 13.4 Å². The Bertz CT molecular complexity index is 1070. The summed E-state index contributed by atoms with van der Waals surface area (Å²) in [6.07, 6.45) is 2.68. The van der Waals surface area contributed by atoms with Gasteiger partial charge in [-0.05, 0) is 33.1 Å². The predicted molar refractivity (Wildman–Crippen MR) is 105 cm³/mol. The van der Waals surface area contributed by atoms with Crippen LogP contribution in [-0.4, -0.2) is 40.5 Å². The molecule has 0 aliphatic carbocycles. The molecule has 148 valence electrons. The van der Waals surface area contributed by atoms with Crippen molar-refractivity contribution in [3.63, 3.8) is 0 Å². The quantitative estimate of drug-likeness (QED) is 0.657. The minimum absolute atomic E-state index is 0.205. The molecule has 3 heterocycles. The van der Waals surface area contributed by atoms with Crippen LogP contribution in [0, 0.1) is 26.7 Å². The highest BCUT2D eigenvalue weighted by Crippen LogP contribution is 2.30. The van der Waals surface area contributed by atoms with E-state index in [0.717, 1.165) is 30.0 Å². The van der Waals surface area contributed by atoms with Crippen molar-refractivity contribution in [3.05, 3.63) is 53.7 Å².